The highest BCUT2D eigenvalue weighted by atomic mass is 35.5. The molecule has 0 fully saturated rings. The van der Waals surface area contributed by atoms with E-state index < -0.39 is 0 Å². The summed E-state index contributed by atoms with van der Waals surface area (Å²) in [5, 5.41) is 9.47. The predicted molar refractivity (Wildman–Crippen MR) is 46.5 cm³/mol. The SMILES string of the molecule is COc1ncc(C)c(Cl)c1CO. The summed E-state index contributed by atoms with van der Waals surface area (Å²) in [5.74, 6) is 0.383. The summed E-state index contributed by atoms with van der Waals surface area (Å²) in [5.41, 5.74) is 1.38. The zero-order valence-electron chi connectivity index (χ0n) is 6.97. The first kappa shape index (κ1) is 9.29. The van der Waals surface area contributed by atoms with Crippen LogP contribution in [0, 0.1) is 6.92 Å². The predicted octanol–water partition coefficient (Wildman–Crippen LogP) is 1.54. The fourth-order valence-electron chi connectivity index (χ4n) is 0.935. The third-order valence-electron chi connectivity index (χ3n) is 1.60. The van der Waals surface area contributed by atoms with Crippen molar-refractivity contribution in [2.45, 2.75) is 13.5 Å². The van der Waals surface area contributed by atoms with Crippen molar-refractivity contribution in [1.82, 2.24) is 4.98 Å². The first-order valence-electron chi connectivity index (χ1n) is 3.49. The molecule has 0 amide bonds. The molecule has 0 aliphatic carbocycles. The van der Waals surface area contributed by atoms with Crippen LogP contribution in [0.5, 0.6) is 5.88 Å². The second-order valence-electron chi connectivity index (χ2n) is 2.40. The molecule has 0 aliphatic rings. The Kier molecular flexibility index (Phi) is 2.89. The van der Waals surface area contributed by atoms with E-state index >= 15 is 0 Å². The van der Waals surface area contributed by atoms with Crippen LogP contribution in [-0.2, 0) is 6.61 Å². The lowest BCUT2D eigenvalue weighted by Gasteiger charge is -2.07. The maximum atomic E-state index is 8.95. The van der Waals surface area contributed by atoms with Crippen LogP contribution in [0.3, 0.4) is 0 Å². The van der Waals surface area contributed by atoms with Crippen molar-refractivity contribution in [3.05, 3.63) is 22.3 Å². The lowest BCUT2D eigenvalue weighted by Crippen LogP contribution is -1.97. The Hall–Kier alpha value is -0.800. The zero-order chi connectivity index (χ0) is 9.14. The third kappa shape index (κ3) is 1.52. The summed E-state index contributed by atoms with van der Waals surface area (Å²) in [6.07, 6.45) is 1.61. The standard InChI is InChI=1S/C8H10ClNO2/c1-5-3-10-8(12-2)6(4-11)7(5)9/h3,11H,4H2,1-2H3. The van der Waals surface area contributed by atoms with Crippen LogP contribution in [0.25, 0.3) is 0 Å². The first-order chi connectivity index (χ1) is 5.70. The van der Waals surface area contributed by atoms with Gasteiger partial charge in [0, 0.05) is 6.20 Å². The average molecular weight is 188 g/mol. The molecule has 66 valence electrons. The van der Waals surface area contributed by atoms with Gasteiger partial charge < -0.3 is 9.84 Å². The molecular weight excluding hydrogens is 178 g/mol. The Morgan fingerprint density at radius 1 is 1.67 bits per heavy atom. The summed E-state index contributed by atoms with van der Waals surface area (Å²) in [4.78, 5) is 3.96. The Morgan fingerprint density at radius 3 is 2.83 bits per heavy atom. The molecule has 0 saturated heterocycles. The number of aliphatic hydroxyl groups is 1. The molecule has 0 spiro atoms. The highest BCUT2D eigenvalue weighted by Gasteiger charge is 2.09. The average Bonchev–Trinajstić information content (AvgIpc) is 2.09. The fourth-order valence-corrected chi connectivity index (χ4v) is 1.12. The minimum Gasteiger partial charge on any atom is -0.481 e. The van der Waals surface area contributed by atoms with Crippen LogP contribution in [0.15, 0.2) is 6.20 Å². The van der Waals surface area contributed by atoms with E-state index in [4.69, 9.17) is 21.4 Å². The van der Waals surface area contributed by atoms with Gasteiger partial charge in [-0.05, 0) is 12.5 Å². The van der Waals surface area contributed by atoms with Gasteiger partial charge in [0.25, 0.3) is 0 Å². The summed E-state index contributed by atoms with van der Waals surface area (Å²) in [7, 11) is 1.49. The maximum absolute atomic E-state index is 8.95. The second kappa shape index (κ2) is 3.74. The van der Waals surface area contributed by atoms with E-state index in [0.29, 0.717) is 16.5 Å². The summed E-state index contributed by atoms with van der Waals surface area (Å²) in [6.45, 7) is 1.67. The number of ether oxygens (including phenoxy) is 1. The molecule has 0 saturated carbocycles. The van der Waals surface area contributed by atoms with Gasteiger partial charge in [-0.1, -0.05) is 11.6 Å². The Bertz CT molecular complexity index is 289. The molecule has 1 aromatic rings. The van der Waals surface area contributed by atoms with Gasteiger partial charge in [-0.2, -0.15) is 0 Å². The van der Waals surface area contributed by atoms with E-state index in [-0.39, 0.29) is 6.61 Å². The lowest BCUT2D eigenvalue weighted by molar-refractivity contribution is 0.271. The molecule has 0 radical (unpaired) electrons. The monoisotopic (exact) mass is 187 g/mol. The van der Waals surface area contributed by atoms with Crippen molar-refractivity contribution in [3.63, 3.8) is 0 Å². The van der Waals surface area contributed by atoms with Crippen LogP contribution >= 0.6 is 11.6 Å². The highest BCUT2D eigenvalue weighted by Crippen LogP contribution is 2.26. The van der Waals surface area contributed by atoms with E-state index in [1.54, 1.807) is 6.20 Å². The van der Waals surface area contributed by atoms with Crippen molar-refractivity contribution in [1.29, 1.82) is 0 Å². The third-order valence-corrected chi connectivity index (χ3v) is 2.12. The molecule has 0 aromatic carbocycles. The van der Waals surface area contributed by atoms with Crippen LogP contribution in [0.1, 0.15) is 11.1 Å². The lowest BCUT2D eigenvalue weighted by atomic mass is 10.2. The van der Waals surface area contributed by atoms with E-state index in [9.17, 15) is 0 Å². The van der Waals surface area contributed by atoms with Crippen LogP contribution in [0.2, 0.25) is 5.02 Å². The van der Waals surface area contributed by atoms with Gasteiger partial charge in [0.2, 0.25) is 5.88 Å². The molecule has 0 atom stereocenters. The smallest absolute Gasteiger partial charge is 0.220 e. The minimum absolute atomic E-state index is 0.156. The van der Waals surface area contributed by atoms with Crippen LogP contribution in [-0.4, -0.2) is 17.2 Å². The van der Waals surface area contributed by atoms with Gasteiger partial charge in [0.15, 0.2) is 0 Å². The van der Waals surface area contributed by atoms with E-state index in [0.717, 1.165) is 5.56 Å². The number of halogens is 1. The van der Waals surface area contributed by atoms with Crippen LogP contribution in [0.4, 0.5) is 0 Å². The van der Waals surface area contributed by atoms with Crippen molar-refractivity contribution in [2.24, 2.45) is 0 Å². The van der Waals surface area contributed by atoms with Crippen molar-refractivity contribution < 1.29 is 9.84 Å². The van der Waals surface area contributed by atoms with Crippen LogP contribution < -0.4 is 4.74 Å². The van der Waals surface area contributed by atoms with Crippen molar-refractivity contribution in [3.8, 4) is 5.88 Å². The van der Waals surface area contributed by atoms with Crippen molar-refractivity contribution >= 4 is 11.6 Å². The number of hydrogen-bond acceptors (Lipinski definition) is 3. The molecule has 1 heterocycles. The normalized spacial score (nSPS) is 10.0. The molecule has 1 N–H and O–H groups in total. The Balaban J connectivity index is 3.25. The first-order valence-corrected chi connectivity index (χ1v) is 3.87. The molecule has 0 bridgehead atoms. The molecule has 0 aliphatic heterocycles. The Morgan fingerprint density at radius 2 is 2.33 bits per heavy atom. The van der Waals surface area contributed by atoms with E-state index in [2.05, 4.69) is 4.98 Å². The van der Waals surface area contributed by atoms with Gasteiger partial charge in [-0.15, -0.1) is 0 Å². The number of methoxy groups -OCH3 is 1. The topological polar surface area (TPSA) is 42.4 Å². The zero-order valence-corrected chi connectivity index (χ0v) is 7.72. The van der Waals surface area contributed by atoms with E-state index in [1.165, 1.54) is 7.11 Å². The number of aryl methyl sites for hydroxylation is 1. The molecule has 0 unspecified atom stereocenters. The summed E-state index contributed by atoms with van der Waals surface area (Å²) < 4.78 is 4.92. The van der Waals surface area contributed by atoms with Gasteiger partial charge in [-0.3, -0.25) is 0 Å². The second-order valence-corrected chi connectivity index (χ2v) is 2.78. The minimum atomic E-state index is -0.156. The van der Waals surface area contributed by atoms with E-state index in [1.807, 2.05) is 6.92 Å². The molecule has 4 heteroatoms. The molecule has 3 nitrogen and oxygen atoms in total. The number of aromatic nitrogens is 1. The molecule has 12 heavy (non-hydrogen) atoms. The van der Waals surface area contributed by atoms with Gasteiger partial charge in [0.1, 0.15) is 0 Å². The molecule has 1 rings (SSSR count). The van der Waals surface area contributed by atoms with Gasteiger partial charge in [0.05, 0.1) is 24.3 Å². The highest BCUT2D eigenvalue weighted by molar-refractivity contribution is 6.32. The number of aliphatic hydroxyl groups excluding tert-OH is 1. The summed E-state index contributed by atoms with van der Waals surface area (Å²) >= 11 is 5.90. The van der Waals surface area contributed by atoms with Crippen molar-refractivity contribution in [2.75, 3.05) is 7.11 Å². The van der Waals surface area contributed by atoms with Gasteiger partial charge >= 0.3 is 0 Å². The number of rotatable bonds is 2. The quantitative estimate of drug-likeness (QED) is 0.764. The molecule has 1 aromatic heterocycles. The number of nitrogens with zero attached hydrogens (tertiary/aromatic N) is 1. The number of hydrogen-bond donors (Lipinski definition) is 1. The van der Waals surface area contributed by atoms with Gasteiger partial charge in [-0.25, -0.2) is 4.98 Å². The Labute approximate surface area is 76.0 Å². The fraction of sp³-hybridized carbons (Fsp3) is 0.375. The number of pyridine rings is 1. The molecular formula is C8H10ClNO2. The summed E-state index contributed by atoms with van der Waals surface area (Å²) in [6, 6.07) is 0. The largest absolute Gasteiger partial charge is 0.481 e. The maximum Gasteiger partial charge on any atom is 0.220 e.